The summed E-state index contributed by atoms with van der Waals surface area (Å²) in [5.74, 6) is 1.50. The van der Waals surface area contributed by atoms with Crippen molar-refractivity contribution in [3.8, 4) is 5.82 Å². The Balaban J connectivity index is 1.38. The Hall–Kier alpha value is -2.59. The van der Waals surface area contributed by atoms with Gasteiger partial charge in [0.25, 0.3) is 5.56 Å². The first-order valence-corrected chi connectivity index (χ1v) is 10.2. The Morgan fingerprint density at radius 1 is 1.04 bits per heavy atom. The number of aromatic nitrogens is 6. The molecule has 3 aromatic heterocycles. The third kappa shape index (κ3) is 3.97. The summed E-state index contributed by atoms with van der Waals surface area (Å²) in [5, 5.41) is 9.96. The number of rotatable bonds is 5. The Labute approximate surface area is 167 Å². The van der Waals surface area contributed by atoms with Gasteiger partial charge in [-0.3, -0.25) is 9.69 Å². The molecular weight excluding hydrogens is 376 g/mol. The zero-order valence-corrected chi connectivity index (χ0v) is 17.2. The van der Waals surface area contributed by atoms with Gasteiger partial charge >= 0.3 is 0 Å². The molecular formula is C18H24N8OS. The Kier molecular flexibility index (Phi) is 5.23. The average molecular weight is 401 g/mol. The van der Waals surface area contributed by atoms with E-state index in [0.717, 1.165) is 55.1 Å². The predicted molar refractivity (Wildman–Crippen MR) is 108 cm³/mol. The van der Waals surface area contributed by atoms with Crippen molar-refractivity contribution in [2.24, 2.45) is 0 Å². The Morgan fingerprint density at radius 3 is 2.46 bits per heavy atom. The molecule has 148 valence electrons. The molecule has 0 N–H and O–H groups in total. The number of piperazine rings is 1. The van der Waals surface area contributed by atoms with Crippen molar-refractivity contribution in [3.63, 3.8) is 0 Å². The summed E-state index contributed by atoms with van der Waals surface area (Å²) in [7, 11) is 0. The highest BCUT2D eigenvalue weighted by Gasteiger charge is 2.19. The summed E-state index contributed by atoms with van der Waals surface area (Å²) in [6.45, 7) is 10.9. The number of nitrogens with zero attached hydrogens (tertiary/aromatic N) is 8. The largest absolute Gasteiger partial charge is 0.344 e. The molecule has 0 atom stereocenters. The minimum absolute atomic E-state index is 0.0896. The van der Waals surface area contributed by atoms with Gasteiger partial charge < -0.3 is 4.90 Å². The molecule has 0 spiro atoms. The second-order valence-electron chi connectivity index (χ2n) is 7.04. The first kappa shape index (κ1) is 18.8. The van der Waals surface area contributed by atoms with Gasteiger partial charge in [0.2, 0.25) is 5.13 Å². The lowest BCUT2D eigenvalue weighted by Crippen LogP contribution is -2.47. The van der Waals surface area contributed by atoms with Gasteiger partial charge in [-0.25, -0.2) is 14.3 Å². The summed E-state index contributed by atoms with van der Waals surface area (Å²) in [6.07, 6.45) is 0. The highest BCUT2D eigenvalue weighted by molar-refractivity contribution is 7.09. The summed E-state index contributed by atoms with van der Waals surface area (Å²) >= 11 is 1.45. The molecule has 0 bridgehead atoms. The van der Waals surface area contributed by atoms with Crippen LogP contribution in [0.15, 0.2) is 23.0 Å². The van der Waals surface area contributed by atoms with Crippen LogP contribution < -0.4 is 10.5 Å². The standard InChI is InChI=1S/C18H24N8OS/c1-13-12-14(2)26(20-13)16-4-5-17(27)25(21-16)11-8-23-6-9-24(10-7-23)18-19-15(3)22-28-18/h4-5,12H,6-11H2,1-3H3. The van der Waals surface area contributed by atoms with Crippen LogP contribution in [0, 0.1) is 20.8 Å². The zero-order valence-electron chi connectivity index (χ0n) is 16.4. The lowest BCUT2D eigenvalue weighted by molar-refractivity contribution is 0.242. The molecule has 0 unspecified atom stereocenters. The van der Waals surface area contributed by atoms with Crippen LogP contribution in [0.25, 0.3) is 5.82 Å². The van der Waals surface area contributed by atoms with Gasteiger partial charge in [0, 0.05) is 56.0 Å². The van der Waals surface area contributed by atoms with Crippen molar-refractivity contribution < 1.29 is 0 Å². The molecule has 0 radical (unpaired) electrons. The first-order chi connectivity index (χ1) is 13.5. The fourth-order valence-corrected chi connectivity index (χ4v) is 4.11. The van der Waals surface area contributed by atoms with Gasteiger partial charge in [0.1, 0.15) is 5.82 Å². The van der Waals surface area contributed by atoms with Crippen LogP contribution >= 0.6 is 11.5 Å². The van der Waals surface area contributed by atoms with Crippen LogP contribution in [0.1, 0.15) is 17.2 Å². The van der Waals surface area contributed by atoms with Gasteiger partial charge in [-0.2, -0.15) is 9.47 Å². The third-order valence-electron chi connectivity index (χ3n) is 4.87. The molecule has 3 aromatic rings. The van der Waals surface area contributed by atoms with Gasteiger partial charge in [0.05, 0.1) is 12.2 Å². The van der Waals surface area contributed by atoms with Crippen molar-refractivity contribution in [2.45, 2.75) is 27.3 Å². The lowest BCUT2D eigenvalue weighted by Gasteiger charge is -2.34. The Morgan fingerprint density at radius 2 is 1.82 bits per heavy atom. The van der Waals surface area contributed by atoms with Crippen LogP contribution in [0.2, 0.25) is 0 Å². The quantitative estimate of drug-likeness (QED) is 0.632. The second kappa shape index (κ2) is 7.80. The molecule has 1 aliphatic heterocycles. The van der Waals surface area contributed by atoms with E-state index in [1.54, 1.807) is 16.8 Å². The summed E-state index contributed by atoms with van der Waals surface area (Å²) in [6, 6.07) is 5.28. The molecule has 4 heterocycles. The maximum atomic E-state index is 12.2. The number of hydrogen-bond acceptors (Lipinski definition) is 8. The molecule has 10 heteroatoms. The fourth-order valence-electron chi connectivity index (χ4n) is 3.39. The van der Waals surface area contributed by atoms with Crippen molar-refractivity contribution in [2.75, 3.05) is 37.6 Å². The zero-order chi connectivity index (χ0) is 19.7. The smallest absolute Gasteiger partial charge is 0.266 e. The van der Waals surface area contributed by atoms with E-state index in [0.29, 0.717) is 12.4 Å². The van der Waals surface area contributed by atoms with Crippen molar-refractivity contribution in [1.29, 1.82) is 0 Å². The van der Waals surface area contributed by atoms with E-state index in [9.17, 15) is 4.79 Å². The maximum Gasteiger partial charge on any atom is 0.266 e. The predicted octanol–water partition coefficient (Wildman–Crippen LogP) is 1.03. The Bertz CT molecular complexity index is 1010. The summed E-state index contributed by atoms with van der Waals surface area (Å²) in [4.78, 5) is 21.3. The molecule has 0 amide bonds. The second-order valence-corrected chi connectivity index (χ2v) is 7.77. The fraction of sp³-hybridized carbons (Fsp3) is 0.500. The van der Waals surface area contributed by atoms with Crippen molar-refractivity contribution in [3.05, 3.63) is 45.8 Å². The molecule has 0 aromatic carbocycles. The number of aryl methyl sites for hydroxylation is 3. The average Bonchev–Trinajstić information content (AvgIpc) is 3.26. The molecule has 1 aliphatic rings. The van der Waals surface area contributed by atoms with E-state index in [4.69, 9.17) is 0 Å². The van der Waals surface area contributed by atoms with E-state index >= 15 is 0 Å². The molecule has 1 fully saturated rings. The van der Waals surface area contributed by atoms with Gasteiger partial charge in [-0.15, -0.1) is 5.10 Å². The molecule has 1 saturated heterocycles. The molecule has 0 saturated carbocycles. The maximum absolute atomic E-state index is 12.2. The van der Waals surface area contributed by atoms with E-state index < -0.39 is 0 Å². The molecule has 4 rings (SSSR count). The SMILES string of the molecule is Cc1cc(C)n(-c2ccc(=O)n(CCN3CCN(c4nc(C)ns4)CC3)n2)n1. The van der Waals surface area contributed by atoms with E-state index in [1.807, 2.05) is 26.8 Å². The monoisotopic (exact) mass is 400 g/mol. The third-order valence-corrected chi connectivity index (χ3v) is 5.74. The first-order valence-electron chi connectivity index (χ1n) is 9.39. The van der Waals surface area contributed by atoms with Crippen LogP contribution in [0.5, 0.6) is 0 Å². The van der Waals surface area contributed by atoms with Crippen molar-refractivity contribution in [1.82, 2.24) is 33.8 Å². The molecule has 28 heavy (non-hydrogen) atoms. The lowest BCUT2D eigenvalue weighted by atomic mass is 10.3. The molecule has 0 aliphatic carbocycles. The minimum Gasteiger partial charge on any atom is -0.344 e. The van der Waals surface area contributed by atoms with Crippen LogP contribution in [0.3, 0.4) is 0 Å². The minimum atomic E-state index is -0.0896. The summed E-state index contributed by atoms with van der Waals surface area (Å²) < 4.78 is 7.57. The highest BCUT2D eigenvalue weighted by atomic mass is 32.1. The van der Waals surface area contributed by atoms with Gasteiger partial charge in [0.15, 0.2) is 5.82 Å². The number of anilines is 1. The van der Waals surface area contributed by atoms with Gasteiger partial charge in [-0.05, 0) is 32.9 Å². The van der Waals surface area contributed by atoms with Crippen LogP contribution in [0.4, 0.5) is 5.13 Å². The van der Waals surface area contributed by atoms with Crippen LogP contribution in [-0.4, -0.2) is 66.5 Å². The van der Waals surface area contributed by atoms with E-state index in [-0.39, 0.29) is 5.56 Å². The topological polar surface area (TPSA) is 85.0 Å². The van der Waals surface area contributed by atoms with E-state index in [2.05, 4.69) is 29.4 Å². The van der Waals surface area contributed by atoms with Crippen LogP contribution in [-0.2, 0) is 6.54 Å². The van der Waals surface area contributed by atoms with E-state index in [1.165, 1.54) is 16.2 Å². The normalized spacial score (nSPS) is 15.3. The van der Waals surface area contributed by atoms with Crippen molar-refractivity contribution >= 4 is 16.7 Å². The highest BCUT2D eigenvalue weighted by Crippen LogP contribution is 2.18. The number of hydrogen-bond donors (Lipinski definition) is 0. The molecule has 9 nitrogen and oxygen atoms in total. The summed E-state index contributed by atoms with van der Waals surface area (Å²) in [5.41, 5.74) is 1.84. The van der Waals surface area contributed by atoms with Gasteiger partial charge in [-0.1, -0.05) is 0 Å².